The van der Waals surface area contributed by atoms with Gasteiger partial charge in [-0.1, -0.05) is 61.5 Å². The standard InChI is InChI=1S/C25H16F6O/c1-2-14-3-9-20-17(11-14)8-10-19(23(20)28)16-6-4-15(5-7-16)18-12-21(26)24(22(27)13-18)32-25(29,30)31/h3-13H,2H2,1H3. The van der Waals surface area contributed by atoms with Crippen molar-refractivity contribution in [2.24, 2.45) is 0 Å². The maximum absolute atomic E-state index is 15.1. The number of aryl methyl sites for hydroxylation is 1. The first-order valence-electron chi connectivity index (χ1n) is 9.73. The van der Waals surface area contributed by atoms with Crippen LogP contribution in [0.1, 0.15) is 12.5 Å². The Morgan fingerprint density at radius 2 is 1.34 bits per heavy atom. The molecule has 0 bridgehead atoms. The van der Waals surface area contributed by atoms with Gasteiger partial charge in [-0.05, 0) is 46.2 Å². The van der Waals surface area contributed by atoms with E-state index in [9.17, 15) is 22.0 Å². The Hall–Kier alpha value is -3.48. The molecule has 0 aliphatic carbocycles. The van der Waals surface area contributed by atoms with Crippen LogP contribution in [0.3, 0.4) is 0 Å². The highest BCUT2D eigenvalue weighted by Crippen LogP contribution is 2.34. The van der Waals surface area contributed by atoms with Gasteiger partial charge in [0, 0.05) is 10.9 Å². The predicted molar refractivity (Wildman–Crippen MR) is 111 cm³/mol. The second kappa shape index (κ2) is 8.22. The molecule has 0 radical (unpaired) electrons. The van der Waals surface area contributed by atoms with Crippen molar-refractivity contribution in [1.29, 1.82) is 0 Å². The summed E-state index contributed by atoms with van der Waals surface area (Å²) in [6.45, 7) is 2.02. The molecule has 4 aromatic carbocycles. The molecule has 0 unspecified atom stereocenters. The molecule has 0 saturated carbocycles. The van der Waals surface area contributed by atoms with Gasteiger partial charge in [-0.2, -0.15) is 0 Å². The molecule has 0 aliphatic heterocycles. The van der Waals surface area contributed by atoms with E-state index >= 15 is 4.39 Å². The van der Waals surface area contributed by atoms with E-state index in [-0.39, 0.29) is 11.4 Å². The van der Waals surface area contributed by atoms with Gasteiger partial charge in [0.05, 0.1) is 0 Å². The average Bonchev–Trinajstić information content (AvgIpc) is 2.75. The fourth-order valence-electron chi connectivity index (χ4n) is 3.57. The second-order valence-corrected chi connectivity index (χ2v) is 7.23. The van der Waals surface area contributed by atoms with Gasteiger partial charge < -0.3 is 4.74 Å². The molecule has 164 valence electrons. The summed E-state index contributed by atoms with van der Waals surface area (Å²) < 4.78 is 83.5. The summed E-state index contributed by atoms with van der Waals surface area (Å²) in [7, 11) is 0. The lowest BCUT2D eigenvalue weighted by Gasteiger charge is -2.12. The second-order valence-electron chi connectivity index (χ2n) is 7.23. The Kier molecular flexibility index (Phi) is 5.59. The fourth-order valence-corrected chi connectivity index (χ4v) is 3.57. The Morgan fingerprint density at radius 3 is 1.94 bits per heavy atom. The number of benzene rings is 4. The van der Waals surface area contributed by atoms with Crippen LogP contribution in [0.2, 0.25) is 0 Å². The van der Waals surface area contributed by atoms with E-state index in [1.807, 2.05) is 25.1 Å². The minimum absolute atomic E-state index is 0.0205. The van der Waals surface area contributed by atoms with Gasteiger partial charge in [0.25, 0.3) is 0 Å². The number of rotatable bonds is 4. The van der Waals surface area contributed by atoms with Gasteiger partial charge >= 0.3 is 6.36 Å². The zero-order chi connectivity index (χ0) is 23.0. The van der Waals surface area contributed by atoms with E-state index in [1.54, 1.807) is 24.3 Å². The Balaban J connectivity index is 1.67. The van der Waals surface area contributed by atoms with Gasteiger partial charge in [-0.3, -0.25) is 0 Å². The third-order valence-corrected chi connectivity index (χ3v) is 5.17. The van der Waals surface area contributed by atoms with Crippen molar-refractivity contribution in [3.63, 3.8) is 0 Å². The number of alkyl halides is 3. The topological polar surface area (TPSA) is 9.23 Å². The molecule has 0 saturated heterocycles. The summed E-state index contributed by atoms with van der Waals surface area (Å²) in [6.07, 6.45) is -4.38. The van der Waals surface area contributed by atoms with Gasteiger partial charge in [-0.15, -0.1) is 13.2 Å². The van der Waals surface area contributed by atoms with Crippen molar-refractivity contribution >= 4 is 10.8 Å². The van der Waals surface area contributed by atoms with E-state index in [4.69, 9.17) is 0 Å². The first-order chi connectivity index (χ1) is 15.2. The first kappa shape index (κ1) is 21.7. The third kappa shape index (κ3) is 4.28. The SMILES string of the molecule is CCc1ccc2c(F)c(-c3ccc(-c4cc(F)c(OC(F)(F)F)c(F)c4)cc3)ccc2c1. The van der Waals surface area contributed by atoms with Crippen LogP contribution >= 0.6 is 0 Å². The molecular weight excluding hydrogens is 430 g/mol. The largest absolute Gasteiger partial charge is 0.573 e. The molecule has 0 spiro atoms. The van der Waals surface area contributed by atoms with Crippen molar-refractivity contribution < 1.29 is 31.1 Å². The van der Waals surface area contributed by atoms with Crippen molar-refractivity contribution in [1.82, 2.24) is 0 Å². The molecule has 0 fully saturated rings. The molecule has 0 heterocycles. The number of hydrogen-bond donors (Lipinski definition) is 0. The van der Waals surface area contributed by atoms with E-state index in [1.165, 1.54) is 12.1 Å². The maximum atomic E-state index is 15.1. The molecule has 7 heteroatoms. The summed E-state index contributed by atoms with van der Waals surface area (Å²) in [4.78, 5) is 0. The molecule has 0 amide bonds. The molecule has 4 aromatic rings. The van der Waals surface area contributed by atoms with Crippen LogP contribution in [0, 0.1) is 17.5 Å². The van der Waals surface area contributed by atoms with Crippen molar-refractivity contribution in [3.8, 4) is 28.0 Å². The van der Waals surface area contributed by atoms with E-state index < -0.39 is 23.7 Å². The molecule has 4 rings (SSSR count). The molecule has 32 heavy (non-hydrogen) atoms. The van der Waals surface area contributed by atoms with Gasteiger partial charge in [0.1, 0.15) is 5.82 Å². The lowest BCUT2D eigenvalue weighted by molar-refractivity contribution is -0.276. The lowest BCUT2D eigenvalue weighted by atomic mass is 9.96. The van der Waals surface area contributed by atoms with Crippen molar-refractivity contribution in [2.75, 3.05) is 0 Å². The lowest BCUT2D eigenvalue weighted by Crippen LogP contribution is -2.19. The van der Waals surface area contributed by atoms with Crippen LogP contribution in [0.5, 0.6) is 5.75 Å². The van der Waals surface area contributed by atoms with E-state index in [2.05, 4.69) is 4.74 Å². The maximum Gasteiger partial charge on any atom is 0.573 e. The summed E-state index contributed by atoms with van der Waals surface area (Å²) in [5.74, 6) is -4.85. The van der Waals surface area contributed by atoms with Gasteiger partial charge in [0.2, 0.25) is 5.75 Å². The van der Waals surface area contributed by atoms with Crippen LogP contribution in [-0.2, 0) is 6.42 Å². The molecule has 0 atom stereocenters. The van der Waals surface area contributed by atoms with Gasteiger partial charge in [0.15, 0.2) is 11.6 Å². The highest BCUT2D eigenvalue weighted by molar-refractivity contribution is 5.89. The fraction of sp³-hybridized carbons (Fsp3) is 0.120. The number of hydrogen-bond acceptors (Lipinski definition) is 1. The number of ether oxygens (including phenoxy) is 1. The minimum atomic E-state index is -5.22. The first-order valence-corrected chi connectivity index (χ1v) is 9.73. The quantitative estimate of drug-likeness (QED) is 0.288. The molecule has 0 N–H and O–H groups in total. The third-order valence-electron chi connectivity index (χ3n) is 5.17. The molecule has 1 nitrogen and oxygen atoms in total. The zero-order valence-electron chi connectivity index (χ0n) is 16.7. The summed E-state index contributed by atoms with van der Waals surface area (Å²) >= 11 is 0. The molecular formula is C25H16F6O. The Morgan fingerprint density at radius 1 is 0.719 bits per heavy atom. The number of fused-ring (bicyclic) bond motifs is 1. The van der Waals surface area contributed by atoms with E-state index in [0.29, 0.717) is 22.1 Å². The van der Waals surface area contributed by atoms with Crippen molar-refractivity contribution in [2.45, 2.75) is 19.7 Å². The van der Waals surface area contributed by atoms with Crippen LogP contribution < -0.4 is 4.74 Å². The molecule has 0 aromatic heterocycles. The monoisotopic (exact) mass is 446 g/mol. The summed E-state index contributed by atoms with van der Waals surface area (Å²) in [6, 6.07) is 16.7. The van der Waals surface area contributed by atoms with Gasteiger partial charge in [-0.25, -0.2) is 13.2 Å². The highest BCUT2D eigenvalue weighted by Gasteiger charge is 2.34. The Labute approximate surface area is 179 Å². The minimum Gasteiger partial charge on any atom is -0.399 e. The van der Waals surface area contributed by atoms with Crippen LogP contribution in [0.4, 0.5) is 26.3 Å². The Bertz CT molecular complexity index is 1270. The summed E-state index contributed by atoms with van der Waals surface area (Å²) in [5, 5.41) is 1.27. The van der Waals surface area contributed by atoms with Crippen LogP contribution in [0.15, 0.2) is 66.7 Å². The molecule has 0 aliphatic rings. The van der Waals surface area contributed by atoms with Crippen molar-refractivity contribution in [3.05, 3.63) is 89.7 Å². The normalized spacial score (nSPS) is 11.7. The van der Waals surface area contributed by atoms with Crippen LogP contribution in [0.25, 0.3) is 33.0 Å². The van der Waals surface area contributed by atoms with Crippen LogP contribution in [-0.4, -0.2) is 6.36 Å². The predicted octanol–water partition coefficient (Wildman–Crippen LogP) is 8.05. The number of halogens is 6. The smallest absolute Gasteiger partial charge is 0.399 e. The van der Waals surface area contributed by atoms with E-state index in [0.717, 1.165) is 29.5 Å². The zero-order valence-corrected chi connectivity index (χ0v) is 16.7. The average molecular weight is 446 g/mol. The summed E-state index contributed by atoms with van der Waals surface area (Å²) in [5.41, 5.74) is 2.37. The highest BCUT2D eigenvalue weighted by atomic mass is 19.4.